The third kappa shape index (κ3) is 1.88. The van der Waals surface area contributed by atoms with E-state index < -0.39 is 11.8 Å². The first-order valence-corrected chi connectivity index (χ1v) is 6.26. The van der Waals surface area contributed by atoms with Crippen LogP contribution in [0.3, 0.4) is 0 Å². The number of rotatable bonds is 2. The molecule has 1 aromatic carbocycles. The van der Waals surface area contributed by atoms with Gasteiger partial charge in [-0.25, -0.2) is 9.59 Å². The fraction of sp³-hybridized carbons (Fsp3) is 0.273. The van der Waals surface area contributed by atoms with E-state index in [1.807, 2.05) is 6.07 Å². The maximum atomic E-state index is 12.0. The van der Waals surface area contributed by atoms with E-state index in [0.717, 1.165) is 4.57 Å². The van der Waals surface area contributed by atoms with E-state index >= 15 is 0 Å². The van der Waals surface area contributed by atoms with Gasteiger partial charge in [0.1, 0.15) is 0 Å². The minimum atomic E-state index is -0.645. The SMILES string of the molecule is CCOC(=O)n1c(=O)n(CBr)c2ccccc21. The summed E-state index contributed by atoms with van der Waals surface area (Å²) in [5.74, 6) is 0. The lowest BCUT2D eigenvalue weighted by Gasteiger charge is -2.01. The summed E-state index contributed by atoms with van der Waals surface area (Å²) >= 11 is 3.23. The van der Waals surface area contributed by atoms with Crippen molar-refractivity contribution in [2.24, 2.45) is 0 Å². The van der Waals surface area contributed by atoms with Crippen molar-refractivity contribution in [1.82, 2.24) is 9.13 Å². The molecule has 0 fully saturated rings. The van der Waals surface area contributed by atoms with Crippen LogP contribution in [0.5, 0.6) is 0 Å². The number of alkyl halides is 1. The Bertz CT molecular complexity index is 615. The summed E-state index contributed by atoms with van der Waals surface area (Å²) in [5.41, 5.74) is 1.18. The summed E-state index contributed by atoms with van der Waals surface area (Å²) in [5, 5.41) is 0. The van der Waals surface area contributed by atoms with Crippen molar-refractivity contribution >= 4 is 33.1 Å². The quantitative estimate of drug-likeness (QED) is 0.799. The minimum Gasteiger partial charge on any atom is -0.449 e. The second kappa shape index (κ2) is 4.75. The Kier molecular flexibility index (Phi) is 3.33. The zero-order valence-electron chi connectivity index (χ0n) is 9.22. The number of carbonyl (C=O) groups is 1. The molecular formula is C11H11BrN2O3. The molecule has 6 heteroatoms. The highest BCUT2D eigenvalue weighted by atomic mass is 79.9. The Morgan fingerprint density at radius 3 is 2.59 bits per heavy atom. The fourth-order valence-electron chi connectivity index (χ4n) is 1.69. The number of imidazole rings is 1. The van der Waals surface area contributed by atoms with Gasteiger partial charge >= 0.3 is 11.8 Å². The predicted octanol–water partition coefficient (Wildman–Crippen LogP) is 2.16. The van der Waals surface area contributed by atoms with Crippen LogP contribution >= 0.6 is 15.9 Å². The molecule has 0 amide bonds. The lowest BCUT2D eigenvalue weighted by atomic mass is 10.3. The zero-order chi connectivity index (χ0) is 12.4. The highest BCUT2D eigenvalue weighted by Crippen LogP contribution is 2.13. The van der Waals surface area contributed by atoms with Crippen molar-refractivity contribution in [3.63, 3.8) is 0 Å². The number of benzene rings is 1. The van der Waals surface area contributed by atoms with Crippen molar-refractivity contribution in [3.05, 3.63) is 34.7 Å². The average molecular weight is 299 g/mol. The van der Waals surface area contributed by atoms with E-state index in [9.17, 15) is 9.59 Å². The standard InChI is InChI=1S/C11H11BrN2O3/c1-2-17-11(16)14-9-6-4-3-5-8(9)13(7-12)10(14)15/h3-6H,2,7H2,1H3. The topological polar surface area (TPSA) is 53.2 Å². The van der Waals surface area contributed by atoms with E-state index in [2.05, 4.69) is 15.9 Å². The van der Waals surface area contributed by atoms with Crippen LogP contribution < -0.4 is 5.69 Å². The van der Waals surface area contributed by atoms with Gasteiger partial charge in [-0.2, -0.15) is 4.57 Å². The molecule has 0 bridgehead atoms. The maximum Gasteiger partial charge on any atom is 0.422 e. The molecule has 0 aliphatic heterocycles. The number of fused-ring (bicyclic) bond motifs is 1. The molecule has 0 N–H and O–H groups in total. The molecule has 2 rings (SSSR count). The maximum absolute atomic E-state index is 12.0. The van der Waals surface area contributed by atoms with Gasteiger partial charge in [-0.15, -0.1) is 0 Å². The molecule has 1 heterocycles. The Morgan fingerprint density at radius 1 is 1.35 bits per heavy atom. The highest BCUT2D eigenvalue weighted by Gasteiger charge is 2.17. The minimum absolute atomic E-state index is 0.235. The van der Waals surface area contributed by atoms with Gasteiger partial charge in [0.05, 0.1) is 23.1 Å². The Balaban J connectivity index is 2.74. The molecule has 0 saturated heterocycles. The first kappa shape index (κ1) is 11.9. The molecule has 0 saturated carbocycles. The molecule has 0 aliphatic rings. The average Bonchev–Trinajstić information content (AvgIpc) is 2.61. The van der Waals surface area contributed by atoms with Crippen molar-refractivity contribution in [2.45, 2.75) is 12.4 Å². The molecule has 17 heavy (non-hydrogen) atoms. The molecule has 0 spiro atoms. The lowest BCUT2D eigenvalue weighted by molar-refractivity contribution is 0.154. The van der Waals surface area contributed by atoms with E-state index in [1.54, 1.807) is 25.1 Å². The number of carbonyl (C=O) groups excluding carboxylic acids is 1. The van der Waals surface area contributed by atoms with Crippen LogP contribution in [0, 0.1) is 0 Å². The lowest BCUT2D eigenvalue weighted by Crippen LogP contribution is -2.29. The Hall–Kier alpha value is -1.56. The van der Waals surface area contributed by atoms with Gasteiger partial charge in [-0.05, 0) is 19.1 Å². The molecule has 0 unspecified atom stereocenters. The van der Waals surface area contributed by atoms with Crippen molar-refractivity contribution in [1.29, 1.82) is 0 Å². The first-order valence-electron chi connectivity index (χ1n) is 5.14. The summed E-state index contributed by atoms with van der Waals surface area (Å²) in [7, 11) is 0. The largest absolute Gasteiger partial charge is 0.449 e. The molecule has 1 aromatic heterocycles. The molecular weight excluding hydrogens is 288 g/mol. The van der Waals surface area contributed by atoms with Crippen LogP contribution in [0.4, 0.5) is 4.79 Å². The molecule has 2 aromatic rings. The number of hydrogen-bond donors (Lipinski definition) is 0. The molecule has 90 valence electrons. The summed E-state index contributed by atoms with van der Waals surface area (Å²) < 4.78 is 7.38. The predicted molar refractivity (Wildman–Crippen MR) is 67.5 cm³/mol. The number of aromatic nitrogens is 2. The van der Waals surface area contributed by atoms with Gasteiger partial charge in [0.25, 0.3) is 0 Å². The fourth-order valence-corrected chi connectivity index (χ4v) is 2.17. The van der Waals surface area contributed by atoms with Gasteiger partial charge in [0, 0.05) is 0 Å². The van der Waals surface area contributed by atoms with Crippen LogP contribution in [0.1, 0.15) is 6.92 Å². The van der Waals surface area contributed by atoms with Gasteiger partial charge in [-0.1, -0.05) is 28.1 Å². The van der Waals surface area contributed by atoms with Gasteiger partial charge < -0.3 is 4.74 Å². The monoisotopic (exact) mass is 298 g/mol. The molecule has 0 atom stereocenters. The van der Waals surface area contributed by atoms with Crippen LogP contribution in [0.25, 0.3) is 11.0 Å². The first-order chi connectivity index (χ1) is 8.20. The van der Waals surface area contributed by atoms with Crippen LogP contribution in [0.2, 0.25) is 0 Å². The number of nitrogens with zero attached hydrogens (tertiary/aromatic N) is 2. The smallest absolute Gasteiger partial charge is 0.422 e. The molecule has 5 nitrogen and oxygen atoms in total. The summed E-state index contributed by atoms with van der Waals surface area (Å²) in [4.78, 5) is 23.8. The van der Waals surface area contributed by atoms with E-state index in [-0.39, 0.29) is 6.61 Å². The number of halogens is 1. The molecule has 0 aliphatic carbocycles. The van der Waals surface area contributed by atoms with Gasteiger partial charge in [-0.3, -0.25) is 4.57 Å². The van der Waals surface area contributed by atoms with E-state index in [0.29, 0.717) is 16.5 Å². The van der Waals surface area contributed by atoms with Crippen molar-refractivity contribution in [3.8, 4) is 0 Å². The highest BCUT2D eigenvalue weighted by molar-refractivity contribution is 9.08. The number of ether oxygens (including phenoxy) is 1. The Morgan fingerprint density at radius 2 is 2.00 bits per heavy atom. The van der Waals surface area contributed by atoms with E-state index in [4.69, 9.17) is 4.74 Å². The second-order valence-corrected chi connectivity index (χ2v) is 3.85. The summed E-state index contributed by atoms with van der Waals surface area (Å²) in [6.45, 7) is 1.94. The third-order valence-electron chi connectivity index (χ3n) is 2.41. The zero-order valence-corrected chi connectivity index (χ0v) is 10.8. The van der Waals surface area contributed by atoms with Crippen molar-refractivity contribution in [2.75, 3.05) is 6.61 Å². The molecule has 0 radical (unpaired) electrons. The normalized spacial score (nSPS) is 10.7. The summed E-state index contributed by atoms with van der Waals surface area (Å²) in [6, 6.07) is 7.09. The van der Waals surface area contributed by atoms with Crippen molar-refractivity contribution < 1.29 is 9.53 Å². The van der Waals surface area contributed by atoms with E-state index in [1.165, 1.54) is 4.57 Å². The van der Waals surface area contributed by atoms with Crippen LogP contribution in [0.15, 0.2) is 29.1 Å². The number of hydrogen-bond acceptors (Lipinski definition) is 3. The van der Waals surface area contributed by atoms with Crippen LogP contribution in [-0.2, 0) is 10.2 Å². The van der Waals surface area contributed by atoms with Gasteiger partial charge in [0.2, 0.25) is 0 Å². The number of para-hydroxylation sites is 2. The Labute approximate surface area is 106 Å². The third-order valence-corrected chi connectivity index (χ3v) is 2.91. The van der Waals surface area contributed by atoms with Crippen LogP contribution in [-0.4, -0.2) is 21.8 Å². The summed E-state index contributed by atoms with van der Waals surface area (Å²) in [6.07, 6.45) is -0.645. The second-order valence-electron chi connectivity index (χ2n) is 3.35. The van der Waals surface area contributed by atoms with Gasteiger partial charge in [0.15, 0.2) is 0 Å².